The van der Waals surface area contributed by atoms with E-state index in [1.54, 1.807) is 34.6 Å². The molecule has 0 aromatic rings. The van der Waals surface area contributed by atoms with Crippen molar-refractivity contribution in [1.82, 2.24) is 0 Å². The van der Waals surface area contributed by atoms with Gasteiger partial charge in [0.1, 0.15) is 29.0 Å². The quantitative estimate of drug-likeness (QED) is 0.585. The maximum Gasteiger partial charge on any atom is 0.330 e. The number of carbonyl (C=O) groups is 1. The number of aliphatic hydroxyl groups is 2. The molecule has 6 nitrogen and oxygen atoms in total. The van der Waals surface area contributed by atoms with Gasteiger partial charge in [-0.25, -0.2) is 4.79 Å². The second kappa shape index (κ2) is 5.05. The number of hydrogen-bond donors (Lipinski definition) is 2. The molecule has 2 fully saturated rings. The van der Waals surface area contributed by atoms with Crippen molar-refractivity contribution in [2.24, 2.45) is 0 Å². The molecule has 2 heterocycles. The van der Waals surface area contributed by atoms with E-state index in [2.05, 4.69) is 0 Å². The normalized spacial score (nSPS) is 49.6. The van der Waals surface area contributed by atoms with Gasteiger partial charge in [0.05, 0.1) is 12.7 Å². The lowest BCUT2D eigenvalue weighted by molar-refractivity contribution is -0.261. The molecule has 0 aromatic carbocycles. The highest BCUT2D eigenvalue weighted by Gasteiger charge is 2.70. The summed E-state index contributed by atoms with van der Waals surface area (Å²) in [5.74, 6) is -0.503. The first-order chi connectivity index (χ1) is 9.60. The molecule has 2 bridgehead atoms. The molecule has 0 saturated carbocycles. The van der Waals surface area contributed by atoms with E-state index < -0.39 is 35.0 Å². The van der Waals surface area contributed by atoms with Crippen LogP contribution >= 0.6 is 0 Å². The van der Waals surface area contributed by atoms with Gasteiger partial charge in [0.25, 0.3) is 0 Å². The van der Waals surface area contributed by atoms with Gasteiger partial charge in [-0.05, 0) is 40.7 Å². The van der Waals surface area contributed by atoms with Gasteiger partial charge in [0, 0.05) is 6.08 Å². The summed E-state index contributed by atoms with van der Waals surface area (Å²) in [6, 6.07) is 0. The van der Waals surface area contributed by atoms with Crippen LogP contribution < -0.4 is 0 Å². The molecule has 0 radical (unpaired) electrons. The summed E-state index contributed by atoms with van der Waals surface area (Å²) in [4.78, 5) is 11.5. The average molecular weight is 300 g/mol. The minimum atomic E-state index is -1.15. The van der Waals surface area contributed by atoms with Gasteiger partial charge in [-0.2, -0.15) is 0 Å². The van der Waals surface area contributed by atoms with E-state index >= 15 is 0 Å². The number of ether oxygens (including phenoxy) is 3. The number of esters is 1. The molecule has 6 atom stereocenters. The van der Waals surface area contributed by atoms with E-state index in [-0.39, 0.29) is 12.7 Å². The van der Waals surface area contributed by atoms with Crippen molar-refractivity contribution in [1.29, 1.82) is 0 Å². The Morgan fingerprint density at radius 1 is 1.24 bits per heavy atom. The molecule has 0 amide bonds. The summed E-state index contributed by atoms with van der Waals surface area (Å²) in [5.41, 5.74) is -3.26. The van der Waals surface area contributed by atoms with E-state index in [9.17, 15) is 15.0 Å². The van der Waals surface area contributed by atoms with Crippen LogP contribution in [0.1, 0.15) is 34.6 Å². The van der Waals surface area contributed by atoms with Crippen molar-refractivity contribution in [3.05, 3.63) is 12.2 Å². The SMILES string of the molecule is CCOC(=O)/C=C/[C@]1(C)OC2(C)C(O)C(C)(O[C@@H]2C)[C@H]1O. The van der Waals surface area contributed by atoms with Gasteiger partial charge in [0.15, 0.2) is 0 Å². The Labute approximate surface area is 124 Å². The fourth-order valence-corrected chi connectivity index (χ4v) is 3.35. The first kappa shape index (κ1) is 16.4. The molecule has 120 valence electrons. The largest absolute Gasteiger partial charge is 0.463 e. The topological polar surface area (TPSA) is 85.2 Å². The molecule has 21 heavy (non-hydrogen) atoms. The number of hydrogen-bond acceptors (Lipinski definition) is 6. The third-order valence-corrected chi connectivity index (χ3v) is 4.69. The Kier molecular flexibility index (Phi) is 3.95. The van der Waals surface area contributed by atoms with Crippen LogP contribution in [0, 0.1) is 0 Å². The van der Waals surface area contributed by atoms with E-state index in [1.165, 1.54) is 12.2 Å². The van der Waals surface area contributed by atoms with Gasteiger partial charge in [0.2, 0.25) is 0 Å². The minimum absolute atomic E-state index is 0.275. The lowest BCUT2D eigenvalue weighted by atomic mass is 9.73. The van der Waals surface area contributed by atoms with Crippen LogP contribution in [0.25, 0.3) is 0 Å². The van der Waals surface area contributed by atoms with Gasteiger partial charge in [-0.15, -0.1) is 0 Å². The highest BCUT2D eigenvalue weighted by Crippen LogP contribution is 2.52. The van der Waals surface area contributed by atoms with Gasteiger partial charge < -0.3 is 24.4 Å². The zero-order chi connectivity index (χ0) is 16.1. The smallest absolute Gasteiger partial charge is 0.330 e. The maximum absolute atomic E-state index is 11.5. The monoisotopic (exact) mass is 300 g/mol. The first-order valence-corrected chi connectivity index (χ1v) is 7.20. The maximum atomic E-state index is 11.5. The summed E-state index contributed by atoms with van der Waals surface area (Å²) >= 11 is 0. The molecule has 2 saturated heterocycles. The third-order valence-electron chi connectivity index (χ3n) is 4.69. The average Bonchev–Trinajstić information content (AvgIpc) is 2.54. The van der Waals surface area contributed by atoms with Crippen molar-refractivity contribution in [2.75, 3.05) is 6.61 Å². The van der Waals surface area contributed by atoms with Crippen molar-refractivity contribution in [3.8, 4) is 0 Å². The fraction of sp³-hybridized carbons (Fsp3) is 0.800. The molecule has 0 aliphatic carbocycles. The highest BCUT2D eigenvalue weighted by atomic mass is 16.6. The Morgan fingerprint density at radius 3 is 2.43 bits per heavy atom. The minimum Gasteiger partial charge on any atom is -0.463 e. The van der Waals surface area contributed by atoms with Crippen molar-refractivity contribution in [3.63, 3.8) is 0 Å². The number of carbonyl (C=O) groups excluding carboxylic acids is 1. The van der Waals surface area contributed by atoms with Crippen LogP contribution in [-0.4, -0.2) is 57.9 Å². The predicted molar refractivity (Wildman–Crippen MR) is 74.6 cm³/mol. The van der Waals surface area contributed by atoms with Crippen LogP contribution in [0.4, 0.5) is 0 Å². The van der Waals surface area contributed by atoms with Crippen LogP contribution in [0.15, 0.2) is 12.2 Å². The number of fused-ring (bicyclic) bond motifs is 2. The lowest BCUT2D eigenvalue weighted by Gasteiger charge is -2.51. The number of aliphatic hydroxyl groups excluding tert-OH is 2. The van der Waals surface area contributed by atoms with Crippen molar-refractivity contribution in [2.45, 2.75) is 69.7 Å². The highest BCUT2D eigenvalue weighted by molar-refractivity contribution is 5.82. The second-order valence-electron chi connectivity index (χ2n) is 6.30. The predicted octanol–water partition coefficient (Wildman–Crippen LogP) is 0.552. The Balaban J connectivity index is 2.32. The molecular weight excluding hydrogens is 276 g/mol. The van der Waals surface area contributed by atoms with E-state index in [0.29, 0.717) is 0 Å². The molecule has 2 rings (SSSR count). The zero-order valence-corrected chi connectivity index (χ0v) is 13.1. The Bertz CT molecular complexity index is 463. The molecule has 0 aromatic heterocycles. The number of rotatable bonds is 3. The Morgan fingerprint density at radius 2 is 1.86 bits per heavy atom. The standard InChI is InChI=1S/C15H24O6/c1-6-19-10(16)7-8-13(3)11(17)15(5)12(18)14(4,21-13)9(2)20-15/h7-9,11-12,17-18H,6H2,1-5H3/b8-7+/t9-,11+,12?,13+,14?,15?/m1/s1. The van der Waals surface area contributed by atoms with Gasteiger partial charge in [-0.3, -0.25) is 0 Å². The Hall–Kier alpha value is -0.950. The molecular formula is C15H24O6. The first-order valence-electron chi connectivity index (χ1n) is 7.20. The summed E-state index contributed by atoms with van der Waals surface area (Å²) in [5, 5.41) is 21.0. The van der Waals surface area contributed by atoms with Gasteiger partial charge in [-0.1, -0.05) is 0 Å². The fourth-order valence-electron chi connectivity index (χ4n) is 3.35. The summed E-state index contributed by atoms with van der Waals surface area (Å²) in [7, 11) is 0. The van der Waals surface area contributed by atoms with Crippen LogP contribution in [0.2, 0.25) is 0 Å². The summed E-state index contributed by atoms with van der Waals surface area (Å²) < 4.78 is 16.6. The molecule has 3 unspecified atom stereocenters. The molecule has 0 spiro atoms. The van der Waals surface area contributed by atoms with E-state index in [0.717, 1.165) is 0 Å². The van der Waals surface area contributed by atoms with Crippen LogP contribution in [-0.2, 0) is 19.0 Å². The van der Waals surface area contributed by atoms with Crippen LogP contribution in [0.5, 0.6) is 0 Å². The molecule has 2 aliphatic rings. The van der Waals surface area contributed by atoms with Crippen molar-refractivity contribution < 1.29 is 29.2 Å². The lowest BCUT2D eigenvalue weighted by Crippen LogP contribution is -2.69. The second-order valence-corrected chi connectivity index (χ2v) is 6.30. The third kappa shape index (κ3) is 2.30. The van der Waals surface area contributed by atoms with Crippen molar-refractivity contribution >= 4 is 5.97 Å². The zero-order valence-electron chi connectivity index (χ0n) is 13.1. The summed E-state index contributed by atoms with van der Waals surface area (Å²) in [6.45, 7) is 8.85. The van der Waals surface area contributed by atoms with Gasteiger partial charge >= 0.3 is 5.97 Å². The van der Waals surface area contributed by atoms with Crippen LogP contribution in [0.3, 0.4) is 0 Å². The molecule has 2 aliphatic heterocycles. The molecule has 6 heteroatoms. The molecule has 2 N–H and O–H groups in total. The van der Waals surface area contributed by atoms with E-state index in [1.807, 2.05) is 0 Å². The summed E-state index contributed by atoms with van der Waals surface area (Å²) in [6.07, 6.45) is 0.244. The van der Waals surface area contributed by atoms with E-state index in [4.69, 9.17) is 14.2 Å².